The molecular formula is C25H35N2O2+. The van der Waals surface area contributed by atoms with Crippen LogP contribution in [-0.4, -0.2) is 16.1 Å². The van der Waals surface area contributed by atoms with Crippen molar-refractivity contribution in [2.45, 2.75) is 91.6 Å². The van der Waals surface area contributed by atoms with Gasteiger partial charge in [0.2, 0.25) is 23.0 Å². The molecule has 0 radical (unpaired) electrons. The molecule has 1 aliphatic rings. The SMILES string of the molecule is CCCCCCCC[n+]1c2c(n(CCCC)c1CC)C(=O)c1ccccc1C2=O. The van der Waals surface area contributed by atoms with Gasteiger partial charge >= 0.3 is 0 Å². The minimum Gasteiger partial charge on any atom is -0.284 e. The van der Waals surface area contributed by atoms with Crippen molar-refractivity contribution < 1.29 is 14.2 Å². The highest BCUT2D eigenvalue weighted by Gasteiger charge is 2.43. The third-order valence-electron chi connectivity index (χ3n) is 6.02. The van der Waals surface area contributed by atoms with Crippen LogP contribution in [0.5, 0.6) is 0 Å². The van der Waals surface area contributed by atoms with Gasteiger partial charge in [-0.3, -0.25) is 9.59 Å². The first-order valence-corrected chi connectivity index (χ1v) is 11.5. The number of unbranched alkanes of at least 4 members (excludes halogenated alkanes) is 6. The zero-order chi connectivity index (χ0) is 20.8. The number of rotatable bonds is 11. The van der Waals surface area contributed by atoms with E-state index in [1.54, 1.807) is 12.1 Å². The number of hydrogen-bond donors (Lipinski definition) is 0. The van der Waals surface area contributed by atoms with Crippen LogP contribution < -0.4 is 4.57 Å². The van der Waals surface area contributed by atoms with Crippen LogP contribution in [0, 0.1) is 0 Å². The standard InChI is InChI=1S/C25H35N2O2/c1-4-7-9-10-11-14-18-27-21(6-3)26(17-8-5-2)22-23(27)25(29)20-16-13-12-15-19(20)24(22)28/h12-13,15-16H,4-11,14,17-18H2,1-3H3/q+1. The first kappa shape index (κ1) is 21.5. The molecule has 0 atom stereocenters. The molecule has 0 saturated heterocycles. The maximum Gasteiger partial charge on any atom is 0.257 e. The van der Waals surface area contributed by atoms with E-state index in [2.05, 4.69) is 29.9 Å². The molecular weight excluding hydrogens is 360 g/mol. The van der Waals surface area contributed by atoms with Crippen LogP contribution in [0.1, 0.15) is 110 Å². The summed E-state index contributed by atoms with van der Waals surface area (Å²) < 4.78 is 4.31. The van der Waals surface area contributed by atoms with Crippen molar-refractivity contribution in [3.8, 4) is 0 Å². The molecule has 156 valence electrons. The minimum atomic E-state index is 0.00250. The van der Waals surface area contributed by atoms with Crippen LogP contribution in [0.25, 0.3) is 0 Å². The number of fused-ring (bicyclic) bond motifs is 2. The van der Waals surface area contributed by atoms with Gasteiger partial charge in [-0.05, 0) is 19.3 Å². The Kier molecular flexibility index (Phi) is 7.40. The summed E-state index contributed by atoms with van der Waals surface area (Å²) in [5, 5.41) is 0. The van der Waals surface area contributed by atoms with Crippen LogP contribution in [0.15, 0.2) is 24.3 Å². The predicted molar refractivity (Wildman–Crippen MR) is 116 cm³/mol. The zero-order valence-electron chi connectivity index (χ0n) is 18.3. The fraction of sp³-hybridized carbons (Fsp3) is 0.560. The number of carbonyl (C=O) groups excluding carboxylic acids is 2. The molecule has 1 aromatic heterocycles. The molecule has 2 aromatic rings. The highest BCUT2D eigenvalue weighted by Crippen LogP contribution is 2.28. The van der Waals surface area contributed by atoms with Gasteiger partial charge < -0.3 is 0 Å². The first-order valence-electron chi connectivity index (χ1n) is 11.5. The molecule has 0 bridgehead atoms. The van der Waals surface area contributed by atoms with Gasteiger partial charge in [0.1, 0.15) is 0 Å². The normalized spacial score (nSPS) is 12.9. The van der Waals surface area contributed by atoms with Gasteiger partial charge in [-0.25, -0.2) is 9.13 Å². The Morgan fingerprint density at radius 2 is 1.41 bits per heavy atom. The average molecular weight is 396 g/mol. The van der Waals surface area contributed by atoms with E-state index in [1.807, 2.05) is 12.1 Å². The second-order valence-electron chi connectivity index (χ2n) is 8.10. The van der Waals surface area contributed by atoms with E-state index < -0.39 is 0 Å². The van der Waals surface area contributed by atoms with Crippen LogP contribution >= 0.6 is 0 Å². The summed E-state index contributed by atoms with van der Waals surface area (Å²) in [5.74, 6) is 1.13. The Morgan fingerprint density at radius 3 is 2.07 bits per heavy atom. The van der Waals surface area contributed by atoms with Crippen LogP contribution in [-0.2, 0) is 19.5 Å². The summed E-state index contributed by atoms with van der Waals surface area (Å²) in [6, 6.07) is 7.28. The summed E-state index contributed by atoms with van der Waals surface area (Å²) in [7, 11) is 0. The largest absolute Gasteiger partial charge is 0.284 e. The van der Waals surface area contributed by atoms with Gasteiger partial charge in [0.05, 0.1) is 13.1 Å². The predicted octanol–water partition coefficient (Wildman–Crippen LogP) is 5.27. The van der Waals surface area contributed by atoms with Gasteiger partial charge in [0, 0.05) is 17.5 Å². The Hall–Kier alpha value is -2.23. The van der Waals surface area contributed by atoms with Gasteiger partial charge in [-0.15, -0.1) is 0 Å². The minimum absolute atomic E-state index is 0.00250. The topological polar surface area (TPSA) is 43.0 Å². The van der Waals surface area contributed by atoms with E-state index in [9.17, 15) is 9.59 Å². The number of nitrogens with zero attached hydrogens (tertiary/aromatic N) is 2. The molecule has 4 nitrogen and oxygen atoms in total. The van der Waals surface area contributed by atoms with E-state index >= 15 is 0 Å². The van der Waals surface area contributed by atoms with Crippen molar-refractivity contribution in [1.29, 1.82) is 0 Å². The maximum atomic E-state index is 13.4. The second-order valence-corrected chi connectivity index (χ2v) is 8.10. The van der Waals surface area contributed by atoms with E-state index in [1.165, 1.54) is 32.1 Å². The molecule has 0 aliphatic heterocycles. The lowest BCUT2D eigenvalue weighted by atomic mass is 9.90. The molecule has 1 aromatic carbocycles. The van der Waals surface area contributed by atoms with Gasteiger partial charge in [-0.2, -0.15) is 0 Å². The highest BCUT2D eigenvalue weighted by molar-refractivity contribution is 6.26. The molecule has 3 rings (SSSR count). The van der Waals surface area contributed by atoms with Gasteiger partial charge in [0.25, 0.3) is 5.82 Å². The fourth-order valence-corrected chi connectivity index (χ4v) is 4.48. The lowest BCUT2D eigenvalue weighted by Gasteiger charge is -2.13. The molecule has 4 heteroatoms. The Morgan fingerprint density at radius 1 is 0.793 bits per heavy atom. The average Bonchev–Trinajstić information content (AvgIpc) is 3.06. The van der Waals surface area contributed by atoms with Crippen molar-refractivity contribution >= 4 is 11.6 Å². The summed E-state index contributed by atoms with van der Waals surface area (Å²) in [6.07, 6.45) is 10.2. The fourth-order valence-electron chi connectivity index (χ4n) is 4.48. The third kappa shape index (κ3) is 4.22. The third-order valence-corrected chi connectivity index (χ3v) is 6.02. The second kappa shape index (κ2) is 10.00. The van der Waals surface area contributed by atoms with E-state index in [-0.39, 0.29) is 11.6 Å². The summed E-state index contributed by atoms with van der Waals surface area (Å²) in [5.41, 5.74) is 2.34. The van der Waals surface area contributed by atoms with E-state index in [4.69, 9.17) is 0 Å². The molecule has 1 aliphatic carbocycles. The van der Waals surface area contributed by atoms with Crippen LogP contribution in [0.2, 0.25) is 0 Å². The van der Waals surface area contributed by atoms with Crippen LogP contribution in [0.4, 0.5) is 0 Å². The zero-order valence-corrected chi connectivity index (χ0v) is 18.3. The molecule has 1 heterocycles. The highest BCUT2D eigenvalue weighted by atomic mass is 16.1. The number of benzene rings is 1. The molecule has 0 spiro atoms. The molecule has 0 N–H and O–H groups in total. The van der Waals surface area contributed by atoms with Crippen molar-refractivity contribution in [3.05, 3.63) is 52.6 Å². The summed E-state index contributed by atoms with van der Waals surface area (Å²) >= 11 is 0. The molecule has 0 saturated carbocycles. The van der Waals surface area contributed by atoms with E-state index in [0.29, 0.717) is 22.5 Å². The smallest absolute Gasteiger partial charge is 0.257 e. The van der Waals surface area contributed by atoms with Crippen molar-refractivity contribution in [1.82, 2.24) is 4.57 Å². The number of aromatic nitrogens is 2. The number of hydrogen-bond acceptors (Lipinski definition) is 2. The van der Waals surface area contributed by atoms with Gasteiger partial charge in [0.15, 0.2) is 0 Å². The Labute approximate surface area is 174 Å². The number of ketones is 2. The summed E-state index contributed by atoms with van der Waals surface area (Å²) in [6.45, 7) is 8.14. The van der Waals surface area contributed by atoms with E-state index in [0.717, 1.165) is 44.6 Å². The Bertz CT molecular complexity index is 879. The Balaban J connectivity index is 1.98. The van der Waals surface area contributed by atoms with Crippen molar-refractivity contribution in [3.63, 3.8) is 0 Å². The molecule has 29 heavy (non-hydrogen) atoms. The first-order chi connectivity index (χ1) is 14.2. The van der Waals surface area contributed by atoms with Gasteiger partial charge in [-0.1, -0.05) is 77.1 Å². The number of imidazole rings is 1. The van der Waals surface area contributed by atoms with Crippen LogP contribution in [0.3, 0.4) is 0 Å². The lowest BCUT2D eigenvalue weighted by Crippen LogP contribution is -2.44. The monoisotopic (exact) mass is 395 g/mol. The maximum absolute atomic E-state index is 13.4. The molecule has 0 fully saturated rings. The lowest BCUT2D eigenvalue weighted by molar-refractivity contribution is -0.705. The van der Waals surface area contributed by atoms with Crippen molar-refractivity contribution in [2.75, 3.05) is 0 Å². The quantitative estimate of drug-likeness (QED) is 0.328. The van der Waals surface area contributed by atoms with Crippen molar-refractivity contribution in [2.24, 2.45) is 0 Å². The molecule has 0 unspecified atom stereocenters. The molecule has 0 amide bonds. The number of carbonyl (C=O) groups is 2. The summed E-state index contributed by atoms with van der Waals surface area (Å²) in [4.78, 5) is 26.8.